The summed E-state index contributed by atoms with van der Waals surface area (Å²) >= 11 is 0. The Hall–Kier alpha value is -0.890. The number of hydrogen-bond donors (Lipinski definition) is 1. The molecule has 1 N–H and O–H groups in total. The molecule has 0 saturated carbocycles. The molecule has 1 aromatic carbocycles. The van der Waals surface area contributed by atoms with Crippen molar-refractivity contribution in [1.29, 1.82) is 0 Å². The minimum Gasteiger partial charge on any atom is -0.314 e. The van der Waals surface area contributed by atoms with Crippen LogP contribution in [0.5, 0.6) is 0 Å². The summed E-state index contributed by atoms with van der Waals surface area (Å²) < 4.78 is 13.2. The van der Waals surface area contributed by atoms with E-state index in [9.17, 15) is 4.39 Å². The molecule has 1 aromatic rings. The van der Waals surface area contributed by atoms with E-state index in [0.717, 1.165) is 24.4 Å². The molecule has 0 saturated heterocycles. The van der Waals surface area contributed by atoms with Crippen molar-refractivity contribution in [2.24, 2.45) is 5.92 Å². The van der Waals surface area contributed by atoms with Gasteiger partial charge in [-0.05, 0) is 43.0 Å². The minimum atomic E-state index is -0.134. The normalized spacial score (nSPS) is 12.9. The van der Waals surface area contributed by atoms with Gasteiger partial charge in [0.15, 0.2) is 0 Å². The molecule has 0 heterocycles. The lowest BCUT2D eigenvalue weighted by Gasteiger charge is -2.23. The predicted octanol–water partition coefficient (Wildman–Crippen LogP) is 4.17. The molecule has 0 aliphatic rings. The first-order valence-electron chi connectivity index (χ1n) is 7.17. The van der Waals surface area contributed by atoms with Crippen LogP contribution in [0.15, 0.2) is 24.3 Å². The van der Waals surface area contributed by atoms with E-state index in [2.05, 4.69) is 26.1 Å². The Bertz CT molecular complexity index is 334. The third-order valence-corrected chi connectivity index (χ3v) is 3.64. The zero-order chi connectivity index (χ0) is 13.4. The molecule has 1 atom stereocenters. The van der Waals surface area contributed by atoms with Crippen molar-refractivity contribution >= 4 is 0 Å². The average Bonchev–Trinajstić information content (AvgIpc) is 2.36. The molecule has 102 valence electrons. The fourth-order valence-corrected chi connectivity index (χ4v) is 2.50. The lowest BCUT2D eigenvalue weighted by molar-refractivity contribution is 0.367. The van der Waals surface area contributed by atoms with Gasteiger partial charge in [-0.2, -0.15) is 0 Å². The maximum Gasteiger partial charge on any atom is 0.123 e. The summed E-state index contributed by atoms with van der Waals surface area (Å²) in [6, 6.07) is 7.43. The molecule has 0 aromatic heterocycles. The molecule has 1 nitrogen and oxygen atoms in total. The fraction of sp³-hybridized carbons (Fsp3) is 0.625. The molecule has 0 fully saturated rings. The van der Waals surface area contributed by atoms with Gasteiger partial charge in [-0.3, -0.25) is 0 Å². The first-order valence-corrected chi connectivity index (χ1v) is 7.17. The minimum absolute atomic E-state index is 0.134. The first kappa shape index (κ1) is 15.2. The van der Waals surface area contributed by atoms with Gasteiger partial charge in [0.25, 0.3) is 0 Å². The molecule has 1 rings (SSSR count). The summed E-state index contributed by atoms with van der Waals surface area (Å²) in [5.41, 5.74) is 1.09. The van der Waals surface area contributed by atoms with E-state index in [1.54, 1.807) is 12.1 Å². The number of halogens is 1. The van der Waals surface area contributed by atoms with Crippen LogP contribution < -0.4 is 5.32 Å². The Labute approximate surface area is 111 Å². The van der Waals surface area contributed by atoms with Crippen molar-refractivity contribution in [3.8, 4) is 0 Å². The molecule has 1 unspecified atom stereocenters. The number of rotatable bonds is 8. The van der Waals surface area contributed by atoms with Crippen LogP contribution in [0.1, 0.15) is 45.6 Å². The summed E-state index contributed by atoms with van der Waals surface area (Å²) in [7, 11) is 0. The van der Waals surface area contributed by atoms with Gasteiger partial charge in [-0.15, -0.1) is 0 Å². The first-order chi connectivity index (χ1) is 8.69. The van der Waals surface area contributed by atoms with Crippen molar-refractivity contribution in [3.63, 3.8) is 0 Å². The Morgan fingerprint density at radius 1 is 1.17 bits per heavy atom. The monoisotopic (exact) mass is 251 g/mol. The third kappa shape index (κ3) is 5.18. The van der Waals surface area contributed by atoms with Crippen LogP contribution in [-0.4, -0.2) is 12.6 Å². The Kier molecular flexibility index (Phi) is 6.96. The summed E-state index contributed by atoms with van der Waals surface area (Å²) in [5, 5.41) is 3.53. The number of benzene rings is 1. The van der Waals surface area contributed by atoms with E-state index in [-0.39, 0.29) is 5.82 Å². The molecule has 0 amide bonds. The van der Waals surface area contributed by atoms with E-state index in [4.69, 9.17) is 0 Å². The van der Waals surface area contributed by atoms with Crippen LogP contribution in [-0.2, 0) is 6.42 Å². The lowest BCUT2D eigenvalue weighted by atomic mass is 9.91. The summed E-state index contributed by atoms with van der Waals surface area (Å²) in [6.45, 7) is 7.60. The van der Waals surface area contributed by atoms with Crippen LogP contribution >= 0.6 is 0 Å². The smallest absolute Gasteiger partial charge is 0.123 e. The second-order valence-electron chi connectivity index (χ2n) is 5.01. The highest BCUT2D eigenvalue weighted by Gasteiger charge is 2.14. The molecule has 0 bridgehead atoms. The molecular formula is C16H26FN. The Balaban J connectivity index is 2.61. The standard InChI is InChI=1S/C16H26FN/c1-4-13(5-2)11-16(18-6-3)12-14-8-7-9-15(17)10-14/h7-10,13,16,18H,4-6,11-12H2,1-3H3. The molecular weight excluding hydrogens is 225 g/mol. The van der Waals surface area contributed by atoms with Crippen molar-refractivity contribution in [2.75, 3.05) is 6.54 Å². The molecule has 0 aliphatic carbocycles. The largest absolute Gasteiger partial charge is 0.314 e. The highest BCUT2D eigenvalue weighted by Crippen LogP contribution is 2.18. The Morgan fingerprint density at radius 2 is 1.89 bits per heavy atom. The van der Waals surface area contributed by atoms with E-state index >= 15 is 0 Å². The average molecular weight is 251 g/mol. The quantitative estimate of drug-likeness (QED) is 0.731. The van der Waals surface area contributed by atoms with Gasteiger partial charge < -0.3 is 5.32 Å². The van der Waals surface area contributed by atoms with Gasteiger partial charge in [0.1, 0.15) is 5.82 Å². The van der Waals surface area contributed by atoms with E-state index in [0.29, 0.717) is 6.04 Å². The SMILES string of the molecule is CCNC(Cc1cccc(F)c1)CC(CC)CC. The van der Waals surface area contributed by atoms with Gasteiger partial charge in [0, 0.05) is 6.04 Å². The van der Waals surface area contributed by atoms with Crippen LogP contribution in [0, 0.1) is 11.7 Å². The molecule has 2 heteroatoms. The fourth-order valence-electron chi connectivity index (χ4n) is 2.50. The molecule has 0 radical (unpaired) electrons. The van der Waals surface area contributed by atoms with Crippen molar-refractivity contribution < 1.29 is 4.39 Å². The lowest BCUT2D eigenvalue weighted by Crippen LogP contribution is -2.33. The van der Waals surface area contributed by atoms with Gasteiger partial charge in [-0.25, -0.2) is 4.39 Å². The second-order valence-corrected chi connectivity index (χ2v) is 5.01. The van der Waals surface area contributed by atoms with Crippen molar-refractivity contribution in [2.45, 2.75) is 52.5 Å². The zero-order valence-corrected chi connectivity index (χ0v) is 11.9. The van der Waals surface area contributed by atoms with Crippen LogP contribution in [0.25, 0.3) is 0 Å². The highest BCUT2D eigenvalue weighted by molar-refractivity contribution is 5.17. The third-order valence-electron chi connectivity index (χ3n) is 3.64. The Morgan fingerprint density at radius 3 is 2.44 bits per heavy atom. The topological polar surface area (TPSA) is 12.0 Å². The molecule has 0 spiro atoms. The number of nitrogens with one attached hydrogen (secondary N) is 1. The van der Waals surface area contributed by atoms with Gasteiger partial charge >= 0.3 is 0 Å². The second kappa shape index (κ2) is 8.25. The summed E-state index contributed by atoms with van der Waals surface area (Å²) in [4.78, 5) is 0. The maximum absolute atomic E-state index is 13.2. The number of likely N-dealkylation sites (N-methyl/N-ethyl adjacent to an activating group) is 1. The van der Waals surface area contributed by atoms with Crippen LogP contribution in [0.4, 0.5) is 4.39 Å². The maximum atomic E-state index is 13.2. The molecule has 18 heavy (non-hydrogen) atoms. The van der Waals surface area contributed by atoms with Gasteiger partial charge in [0.05, 0.1) is 0 Å². The van der Waals surface area contributed by atoms with Crippen LogP contribution in [0.2, 0.25) is 0 Å². The van der Waals surface area contributed by atoms with E-state index < -0.39 is 0 Å². The van der Waals surface area contributed by atoms with Crippen molar-refractivity contribution in [3.05, 3.63) is 35.6 Å². The predicted molar refractivity (Wildman–Crippen MR) is 76.3 cm³/mol. The van der Waals surface area contributed by atoms with E-state index in [1.807, 2.05) is 6.07 Å². The van der Waals surface area contributed by atoms with Crippen molar-refractivity contribution in [1.82, 2.24) is 5.32 Å². The highest BCUT2D eigenvalue weighted by atomic mass is 19.1. The zero-order valence-electron chi connectivity index (χ0n) is 11.9. The number of hydrogen-bond acceptors (Lipinski definition) is 1. The van der Waals surface area contributed by atoms with Gasteiger partial charge in [-0.1, -0.05) is 45.7 Å². The van der Waals surface area contributed by atoms with E-state index in [1.165, 1.54) is 25.3 Å². The van der Waals surface area contributed by atoms with Gasteiger partial charge in [0.2, 0.25) is 0 Å². The summed E-state index contributed by atoms with van der Waals surface area (Å²) in [6.07, 6.45) is 4.54. The molecule has 0 aliphatic heterocycles. The van der Waals surface area contributed by atoms with Crippen LogP contribution in [0.3, 0.4) is 0 Å². The summed E-state index contributed by atoms with van der Waals surface area (Å²) in [5.74, 6) is 0.632.